The van der Waals surface area contributed by atoms with Crippen LogP contribution in [0.5, 0.6) is 0 Å². The second kappa shape index (κ2) is 4.43. The molecule has 3 heteroatoms. The number of hydrogen-bond donors (Lipinski definition) is 2. The lowest BCUT2D eigenvalue weighted by atomic mass is 9.81. The molecule has 0 saturated heterocycles. The molecule has 1 atom stereocenters. The molecule has 0 amide bonds. The van der Waals surface area contributed by atoms with Crippen LogP contribution in [0, 0.1) is 6.92 Å². The molecule has 0 aliphatic rings. The molecule has 0 fully saturated rings. The highest BCUT2D eigenvalue weighted by Gasteiger charge is 2.25. The molecule has 1 unspecified atom stereocenters. The second-order valence-electron chi connectivity index (χ2n) is 3.88. The lowest BCUT2D eigenvalue weighted by Crippen LogP contribution is -2.36. The third kappa shape index (κ3) is 2.16. The number of aliphatic hydroxyl groups is 1. The van der Waals surface area contributed by atoms with Gasteiger partial charge in [-0.2, -0.15) is 0 Å². The Balaban J connectivity index is 3.22. The number of halogens is 1. The Kier molecular flexibility index (Phi) is 3.70. The molecule has 0 spiro atoms. The summed E-state index contributed by atoms with van der Waals surface area (Å²) in [5.74, 6) is 0. The molecule has 0 aliphatic heterocycles. The Morgan fingerprint density at radius 2 is 2.14 bits per heavy atom. The van der Waals surface area contributed by atoms with Gasteiger partial charge in [0.05, 0.1) is 6.61 Å². The Bertz CT molecular complexity index is 321. The van der Waals surface area contributed by atoms with E-state index < -0.39 is 0 Å². The largest absolute Gasteiger partial charge is 0.395 e. The van der Waals surface area contributed by atoms with E-state index in [0.717, 1.165) is 15.6 Å². The molecule has 1 aromatic carbocycles. The van der Waals surface area contributed by atoms with Crippen LogP contribution in [-0.2, 0) is 5.41 Å². The summed E-state index contributed by atoms with van der Waals surface area (Å²) in [4.78, 5) is 0. The molecule has 1 aromatic rings. The van der Waals surface area contributed by atoms with Gasteiger partial charge in [0.2, 0.25) is 0 Å². The topological polar surface area (TPSA) is 46.2 Å². The molecule has 0 radical (unpaired) electrons. The predicted octanol–water partition coefficient (Wildman–Crippen LogP) is 1.97. The quantitative estimate of drug-likeness (QED) is 0.870. The zero-order valence-corrected chi connectivity index (χ0v) is 10.1. The van der Waals surface area contributed by atoms with E-state index in [1.54, 1.807) is 0 Å². The Morgan fingerprint density at radius 3 is 2.64 bits per heavy atom. The summed E-state index contributed by atoms with van der Waals surface area (Å²) < 4.78 is 1.02. The lowest BCUT2D eigenvalue weighted by molar-refractivity contribution is 0.209. The summed E-state index contributed by atoms with van der Waals surface area (Å²) in [6, 6.07) is 6.05. The minimum atomic E-state index is -0.339. The fourth-order valence-corrected chi connectivity index (χ4v) is 1.87. The van der Waals surface area contributed by atoms with Gasteiger partial charge in [-0.3, -0.25) is 0 Å². The highest BCUT2D eigenvalue weighted by atomic mass is 79.9. The van der Waals surface area contributed by atoms with Gasteiger partial charge in [0.15, 0.2) is 0 Å². The van der Waals surface area contributed by atoms with Crippen LogP contribution in [0.3, 0.4) is 0 Å². The van der Waals surface area contributed by atoms with Crippen molar-refractivity contribution in [1.29, 1.82) is 0 Å². The molecule has 0 aliphatic carbocycles. The number of rotatable bonds is 3. The summed E-state index contributed by atoms with van der Waals surface area (Å²) in [7, 11) is 0. The van der Waals surface area contributed by atoms with Crippen molar-refractivity contribution in [3.8, 4) is 0 Å². The van der Waals surface area contributed by atoms with Crippen LogP contribution in [0.15, 0.2) is 22.7 Å². The average Bonchev–Trinajstić information content (AvgIpc) is 2.20. The van der Waals surface area contributed by atoms with Crippen molar-refractivity contribution in [3.63, 3.8) is 0 Å². The van der Waals surface area contributed by atoms with Crippen molar-refractivity contribution in [2.75, 3.05) is 13.2 Å². The Labute approximate surface area is 93.3 Å². The molecule has 0 bridgehead atoms. The second-order valence-corrected chi connectivity index (χ2v) is 4.80. The summed E-state index contributed by atoms with van der Waals surface area (Å²) in [6.07, 6.45) is 0. The van der Waals surface area contributed by atoms with Gasteiger partial charge in [0.1, 0.15) is 0 Å². The number of hydrogen-bond acceptors (Lipinski definition) is 2. The van der Waals surface area contributed by atoms with Crippen LogP contribution in [0.2, 0.25) is 0 Å². The minimum Gasteiger partial charge on any atom is -0.395 e. The first-order valence-electron chi connectivity index (χ1n) is 4.61. The van der Waals surface area contributed by atoms with Gasteiger partial charge in [-0.05, 0) is 30.2 Å². The van der Waals surface area contributed by atoms with Crippen LogP contribution < -0.4 is 5.73 Å². The zero-order valence-electron chi connectivity index (χ0n) is 8.55. The van der Waals surface area contributed by atoms with E-state index in [2.05, 4.69) is 15.9 Å². The smallest absolute Gasteiger partial charge is 0.0537 e. The van der Waals surface area contributed by atoms with Crippen molar-refractivity contribution in [1.82, 2.24) is 0 Å². The van der Waals surface area contributed by atoms with Crippen LogP contribution >= 0.6 is 15.9 Å². The van der Waals surface area contributed by atoms with Gasteiger partial charge < -0.3 is 10.8 Å². The summed E-state index contributed by atoms with van der Waals surface area (Å²) in [5, 5.41) is 9.36. The van der Waals surface area contributed by atoms with E-state index in [1.807, 2.05) is 32.0 Å². The van der Waals surface area contributed by atoms with Crippen molar-refractivity contribution in [3.05, 3.63) is 33.8 Å². The molecule has 0 aromatic heterocycles. The summed E-state index contributed by atoms with van der Waals surface area (Å²) in [5.41, 5.74) is 7.62. The maximum absolute atomic E-state index is 9.36. The highest BCUT2D eigenvalue weighted by Crippen LogP contribution is 2.28. The molecule has 0 heterocycles. The maximum atomic E-state index is 9.36. The van der Waals surface area contributed by atoms with E-state index in [0.29, 0.717) is 6.54 Å². The first-order valence-corrected chi connectivity index (χ1v) is 5.40. The van der Waals surface area contributed by atoms with Crippen molar-refractivity contribution in [2.45, 2.75) is 19.3 Å². The van der Waals surface area contributed by atoms with Gasteiger partial charge in [-0.1, -0.05) is 28.9 Å². The average molecular weight is 258 g/mol. The van der Waals surface area contributed by atoms with Crippen molar-refractivity contribution < 1.29 is 5.11 Å². The first kappa shape index (κ1) is 11.7. The van der Waals surface area contributed by atoms with Gasteiger partial charge >= 0.3 is 0 Å². The fourth-order valence-electron chi connectivity index (χ4n) is 1.50. The van der Waals surface area contributed by atoms with Crippen molar-refractivity contribution in [2.24, 2.45) is 5.73 Å². The number of aryl methyl sites for hydroxylation is 1. The number of nitrogens with two attached hydrogens (primary N) is 1. The molecule has 2 nitrogen and oxygen atoms in total. The van der Waals surface area contributed by atoms with E-state index in [-0.39, 0.29) is 12.0 Å². The Hall–Kier alpha value is -0.380. The van der Waals surface area contributed by atoms with Crippen LogP contribution in [0.4, 0.5) is 0 Å². The van der Waals surface area contributed by atoms with Gasteiger partial charge in [0.25, 0.3) is 0 Å². The van der Waals surface area contributed by atoms with E-state index in [1.165, 1.54) is 0 Å². The highest BCUT2D eigenvalue weighted by molar-refractivity contribution is 9.10. The van der Waals surface area contributed by atoms with E-state index in [4.69, 9.17) is 5.73 Å². The van der Waals surface area contributed by atoms with Gasteiger partial charge in [0, 0.05) is 16.4 Å². The molecule has 1 rings (SSSR count). The lowest BCUT2D eigenvalue weighted by Gasteiger charge is -2.28. The first-order chi connectivity index (χ1) is 6.53. The SMILES string of the molecule is Cc1ccc(Br)cc1C(C)(CN)CO. The molecular formula is C11H16BrNO. The number of aliphatic hydroxyl groups excluding tert-OH is 1. The van der Waals surface area contributed by atoms with E-state index in [9.17, 15) is 5.11 Å². The normalized spacial score (nSPS) is 15.2. The zero-order chi connectivity index (χ0) is 10.8. The third-order valence-electron chi connectivity index (χ3n) is 2.65. The summed E-state index contributed by atoms with van der Waals surface area (Å²) in [6.45, 7) is 4.52. The van der Waals surface area contributed by atoms with Crippen LogP contribution in [-0.4, -0.2) is 18.3 Å². The fraction of sp³-hybridized carbons (Fsp3) is 0.455. The van der Waals surface area contributed by atoms with Crippen LogP contribution in [0.1, 0.15) is 18.1 Å². The molecule has 78 valence electrons. The molecule has 14 heavy (non-hydrogen) atoms. The minimum absolute atomic E-state index is 0.0702. The monoisotopic (exact) mass is 257 g/mol. The predicted molar refractivity (Wildman–Crippen MR) is 62.4 cm³/mol. The summed E-state index contributed by atoms with van der Waals surface area (Å²) >= 11 is 3.42. The maximum Gasteiger partial charge on any atom is 0.0537 e. The van der Waals surface area contributed by atoms with Crippen LogP contribution in [0.25, 0.3) is 0 Å². The Morgan fingerprint density at radius 1 is 1.50 bits per heavy atom. The van der Waals surface area contributed by atoms with E-state index >= 15 is 0 Å². The standard InChI is InChI=1S/C11H16BrNO/c1-8-3-4-9(12)5-10(8)11(2,6-13)7-14/h3-5,14H,6-7,13H2,1-2H3. The van der Waals surface area contributed by atoms with Gasteiger partial charge in [-0.25, -0.2) is 0 Å². The molecular weight excluding hydrogens is 242 g/mol. The van der Waals surface area contributed by atoms with Gasteiger partial charge in [-0.15, -0.1) is 0 Å². The molecule has 3 N–H and O–H groups in total. The number of benzene rings is 1. The third-order valence-corrected chi connectivity index (χ3v) is 3.14. The molecule has 0 saturated carbocycles. The van der Waals surface area contributed by atoms with Crippen molar-refractivity contribution >= 4 is 15.9 Å².